The Kier molecular flexibility index (Phi) is 8.24. The van der Waals surface area contributed by atoms with Crippen molar-refractivity contribution in [2.24, 2.45) is 0 Å². The molecule has 0 saturated carbocycles. The molecule has 0 aliphatic rings. The number of imidazole rings is 1. The molecule has 4 rings (SSSR count). The number of nitrogens with one attached hydrogen (secondary N) is 2. The van der Waals surface area contributed by atoms with Crippen LogP contribution in [0, 0.1) is 3.57 Å². The number of nitrogens with zero attached hydrogens (tertiary/aromatic N) is 6. The van der Waals surface area contributed by atoms with Crippen molar-refractivity contribution in [1.82, 2.24) is 24.4 Å². The Labute approximate surface area is 229 Å². The highest BCUT2D eigenvalue weighted by molar-refractivity contribution is 14.1. The lowest BCUT2D eigenvalue weighted by molar-refractivity contribution is -0.111. The van der Waals surface area contributed by atoms with Gasteiger partial charge in [-0.05, 0) is 73.1 Å². The van der Waals surface area contributed by atoms with Crippen molar-refractivity contribution >= 4 is 62.7 Å². The predicted octanol–water partition coefficient (Wildman–Crippen LogP) is 4.29. The van der Waals surface area contributed by atoms with E-state index < -0.39 is 0 Å². The average Bonchev–Trinajstić information content (AvgIpc) is 3.31. The van der Waals surface area contributed by atoms with Gasteiger partial charge in [0.2, 0.25) is 11.9 Å². The average molecular weight is 612 g/mol. The summed E-state index contributed by atoms with van der Waals surface area (Å²) in [5.74, 6) is 0.642. The molecular weight excluding hydrogens is 583 g/mol. The molecular formula is C26H29IN8O2. The maximum atomic E-state index is 12.2. The van der Waals surface area contributed by atoms with E-state index >= 15 is 0 Å². The summed E-state index contributed by atoms with van der Waals surface area (Å²) in [7, 11) is 7.60. The minimum atomic E-state index is -0.308. The van der Waals surface area contributed by atoms with Crippen LogP contribution in [-0.2, 0) is 4.79 Å². The molecule has 192 valence electrons. The molecule has 0 bridgehead atoms. The number of benzene rings is 2. The van der Waals surface area contributed by atoms with E-state index in [1.807, 2.05) is 62.1 Å². The lowest BCUT2D eigenvalue weighted by atomic mass is 10.2. The molecule has 0 spiro atoms. The van der Waals surface area contributed by atoms with Crippen molar-refractivity contribution in [3.05, 3.63) is 65.1 Å². The Morgan fingerprint density at radius 2 is 1.89 bits per heavy atom. The Bertz CT molecular complexity index is 1420. The molecule has 0 unspecified atom stereocenters. The number of likely N-dealkylation sites (N-methyl/N-ethyl adjacent to an activating group) is 2. The zero-order valence-electron chi connectivity index (χ0n) is 21.2. The SMILES string of the molecule is C=CC(=O)Nc1cc(Nc2ncc3ncn(-c4ccc(I)cc4)c3n2)c(OC)cc1N(C)CCN(C)C. The van der Waals surface area contributed by atoms with Gasteiger partial charge >= 0.3 is 0 Å². The lowest BCUT2D eigenvalue weighted by Crippen LogP contribution is -2.29. The molecule has 11 heteroatoms. The van der Waals surface area contributed by atoms with Crippen LogP contribution in [0.3, 0.4) is 0 Å². The Hall–Kier alpha value is -3.71. The van der Waals surface area contributed by atoms with Crippen LogP contribution >= 0.6 is 22.6 Å². The number of carbonyl (C=O) groups is 1. The fourth-order valence-electron chi connectivity index (χ4n) is 3.69. The van der Waals surface area contributed by atoms with Gasteiger partial charge in [0, 0.05) is 35.5 Å². The fraction of sp³-hybridized carbons (Fsp3) is 0.231. The van der Waals surface area contributed by atoms with Gasteiger partial charge in [0.25, 0.3) is 0 Å². The van der Waals surface area contributed by atoms with Crippen LogP contribution < -0.4 is 20.3 Å². The Morgan fingerprint density at radius 1 is 1.14 bits per heavy atom. The first-order chi connectivity index (χ1) is 17.8. The number of anilines is 4. The second-order valence-electron chi connectivity index (χ2n) is 8.61. The summed E-state index contributed by atoms with van der Waals surface area (Å²) < 4.78 is 8.75. The zero-order valence-corrected chi connectivity index (χ0v) is 23.4. The van der Waals surface area contributed by atoms with Crippen molar-refractivity contribution in [2.75, 3.05) is 56.9 Å². The van der Waals surface area contributed by atoms with Gasteiger partial charge in [-0.3, -0.25) is 9.36 Å². The highest BCUT2D eigenvalue weighted by atomic mass is 127. The van der Waals surface area contributed by atoms with Gasteiger partial charge in [0.15, 0.2) is 5.65 Å². The van der Waals surface area contributed by atoms with Gasteiger partial charge in [0.05, 0.1) is 30.4 Å². The van der Waals surface area contributed by atoms with Crippen molar-refractivity contribution in [1.29, 1.82) is 0 Å². The zero-order chi connectivity index (χ0) is 26.5. The third kappa shape index (κ3) is 6.17. The number of amides is 1. The number of halogens is 1. The van der Waals surface area contributed by atoms with Crippen LogP contribution in [0.5, 0.6) is 5.75 Å². The number of carbonyl (C=O) groups excluding carboxylic acids is 1. The number of hydrogen-bond acceptors (Lipinski definition) is 8. The molecule has 2 aromatic heterocycles. The summed E-state index contributed by atoms with van der Waals surface area (Å²) in [6.45, 7) is 5.17. The molecule has 0 saturated heterocycles. The van der Waals surface area contributed by atoms with Gasteiger partial charge < -0.3 is 25.2 Å². The quantitative estimate of drug-likeness (QED) is 0.202. The van der Waals surface area contributed by atoms with Gasteiger partial charge in [0.1, 0.15) is 17.6 Å². The number of fused-ring (bicyclic) bond motifs is 1. The van der Waals surface area contributed by atoms with Crippen molar-refractivity contribution < 1.29 is 9.53 Å². The van der Waals surface area contributed by atoms with Gasteiger partial charge in [-0.2, -0.15) is 4.98 Å². The van der Waals surface area contributed by atoms with Crippen LogP contribution in [0.25, 0.3) is 16.9 Å². The van der Waals surface area contributed by atoms with E-state index in [4.69, 9.17) is 9.72 Å². The third-order valence-electron chi connectivity index (χ3n) is 5.70. The van der Waals surface area contributed by atoms with E-state index in [9.17, 15) is 4.79 Å². The molecule has 10 nitrogen and oxygen atoms in total. The lowest BCUT2D eigenvalue weighted by Gasteiger charge is -2.25. The first-order valence-corrected chi connectivity index (χ1v) is 12.6. The standard InChI is InChI=1S/C26H29IN8O2/c1-6-24(36)30-19-13-20(23(37-5)14-22(19)34(4)12-11-33(2)3)31-26-28-15-21-25(32-26)35(16-29-21)18-9-7-17(27)8-10-18/h6-10,13-16H,1,11-12H2,2-5H3,(H,30,36)(H,28,31,32). The van der Waals surface area contributed by atoms with Crippen molar-refractivity contribution in [2.45, 2.75) is 0 Å². The number of hydrogen-bond donors (Lipinski definition) is 2. The Morgan fingerprint density at radius 3 is 2.57 bits per heavy atom. The minimum absolute atomic E-state index is 0.308. The molecule has 1 amide bonds. The van der Waals surface area contributed by atoms with Crippen LogP contribution in [0.1, 0.15) is 0 Å². The molecule has 0 aliphatic heterocycles. The van der Waals surface area contributed by atoms with Gasteiger partial charge in [-0.15, -0.1) is 0 Å². The van der Waals surface area contributed by atoms with E-state index in [0.29, 0.717) is 34.2 Å². The van der Waals surface area contributed by atoms with Crippen LogP contribution in [-0.4, -0.2) is 71.7 Å². The maximum absolute atomic E-state index is 12.2. The minimum Gasteiger partial charge on any atom is -0.494 e. The number of methoxy groups -OCH3 is 1. The van der Waals surface area contributed by atoms with E-state index in [2.05, 4.69) is 59.6 Å². The summed E-state index contributed by atoms with van der Waals surface area (Å²) in [5, 5.41) is 6.15. The summed E-state index contributed by atoms with van der Waals surface area (Å²) in [6.07, 6.45) is 4.64. The maximum Gasteiger partial charge on any atom is 0.247 e. The van der Waals surface area contributed by atoms with Gasteiger partial charge in [-0.25, -0.2) is 9.97 Å². The summed E-state index contributed by atoms with van der Waals surface area (Å²) >= 11 is 2.27. The summed E-state index contributed by atoms with van der Waals surface area (Å²) in [6, 6.07) is 11.8. The first-order valence-electron chi connectivity index (χ1n) is 11.5. The van der Waals surface area contributed by atoms with E-state index in [0.717, 1.165) is 28.0 Å². The summed E-state index contributed by atoms with van der Waals surface area (Å²) in [4.78, 5) is 30.0. The predicted molar refractivity (Wildman–Crippen MR) is 156 cm³/mol. The van der Waals surface area contributed by atoms with Crippen molar-refractivity contribution in [3.63, 3.8) is 0 Å². The van der Waals surface area contributed by atoms with Crippen LogP contribution in [0.4, 0.5) is 23.0 Å². The number of rotatable bonds is 10. The Balaban J connectivity index is 1.71. The van der Waals surface area contributed by atoms with Crippen molar-refractivity contribution in [3.8, 4) is 11.4 Å². The van der Waals surface area contributed by atoms with E-state index in [1.165, 1.54) is 6.08 Å². The van der Waals surface area contributed by atoms with E-state index in [-0.39, 0.29) is 5.91 Å². The molecule has 4 aromatic rings. The molecule has 0 fully saturated rings. The van der Waals surface area contributed by atoms with Gasteiger partial charge in [-0.1, -0.05) is 6.58 Å². The summed E-state index contributed by atoms with van der Waals surface area (Å²) in [5.41, 5.74) is 4.31. The first kappa shape index (κ1) is 26.4. The number of aromatic nitrogens is 4. The number of ether oxygens (including phenoxy) is 1. The molecule has 0 atom stereocenters. The monoisotopic (exact) mass is 612 g/mol. The second-order valence-corrected chi connectivity index (χ2v) is 9.85. The van der Waals surface area contributed by atoms with Crippen LogP contribution in [0.2, 0.25) is 0 Å². The molecule has 0 radical (unpaired) electrons. The fourth-order valence-corrected chi connectivity index (χ4v) is 4.05. The molecule has 2 aromatic carbocycles. The molecule has 0 aliphatic carbocycles. The second kappa shape index (κ2) is 11.6. The smallest absolute Gasteiger partial charge is 0.247 e. The van der Waals surface area contributed by atoms with E-state index in [1.54, 1.807) is 19.6 Å². The molecule has 2 heterocycles. The topological polar surface area (TPSA) is 100 Å². The largest absolute Gasteiger partial charge is 0.494 e. The highest BCUT2D eigenvalue weighted by Gasteiger charge is 2.17. The van der Waals surface area contributed by atoms with Crippen LogP contribution in [0.15, 0.2) is 61.6 Å². The third-order valence-corrected chi connectivity index (χ3v) is 6.42. The highest BCUT2D eigenvalue weighted by Crippen LogP contribution is 2.38. The normalized spacial score (nSPS) is 11.0. The molecule has 2 N–H and O–H groups in total. The molecule has 37 heavy (non-hydrogen) atoms.